The second-order valence-electron chi connectivity index (χ2n) is 5.14. The van der Waals surface area contributed by atoms with E-state index in [1.807, 2.05) is 12.1 Å². The van der Waals surface area contributed by atoms with E-state index in [-0.39, 0.29) is 5.76 Å². The molecule has 0 saturated carbocycles. The normalized spacial score (nSPS) is 13.4. The number of rotatable bonds is 4. The Morgan fingerprint density at radius 3 is 2.72 bits per heavy atom. The molecular weight excluding hydrogens is 230 g/mol. The van der Waals surface area contributed by atoms with Gasteiger partial charge in [-0.3, -0.25) is 4.57 Å². The lowest BCUT2D eigenvalue weighted by atomic mass is 10.00. The lowest BCUT2D eigenvalue weighted by Crippen LogP contribution is -2.08. The average molecular weight is 249 g/mol. The molecule has 0 radical (unpaired) electrons. The number of nitrogens with zero attached hydrogens (tertiary/aromatic N) is 1. The molecule has 1 aromatic carbocycles. The van der Waals surface area contributed by atoms with E-state index in [1.165, 1.54) is 4.57 Å². The van der Waals surface area contributed by atoms with Crippen molar-refractivity contribution in [3.05, 3.63) is 34.3 Å². The van der Waals surface area contributed by atoms with Gasteiger partial charge in [-0.15, -0.1) is 0 Å². The Bertz CT molecular complexity index is 595. The average Bonchev–Trinajstić information content (AvgIpc) is 2.61. The molecule has 0 bridgehead atoms. The van der Waals surface area contributed by atoms with Gasteiger partial charge in [-0.25, -0.2) is 4.79 Å². The van der Waals surface area contributed by atoms with Crippen LogP contribution in [0.5, 0.6) is 0 Å². The van der Waals surface area contributed by atoms with Gasteiger partial charge in [0.25, 0.3) is 0 Å². The van der Waals surface area contributed by atoms with E-state index >= 15 is 0 Å². The van der Waals surface area contributed by atoms with Gasteiger partial charge in [0.15, 0.2) is 5.58 Å². The maximum Gasteiger partial charge on any atom is 0.419 e. The number of aromatic nitrogens is 1. The van der Waals surface area contributed by atoms with Crippen LogP contribution in [0.25, 0.3) is 11.1 Å². The molecular formula is C14H19NO3. The highest BCUT2D eigenvalue weighted by molar-refractivity contribution is 5.73. The number of aliphatic hydroxyl groups is 1. The van der Waals surface area contributed by atoms with Crippen molar-refractivity contribution in [3.63, 3.8) is 0 Å². The Balaban J connectivity index is 2.27. The molecule has 1 atom stereocenters. The van der Waals surface area contributed by atoms with Crippen molar-refractivity contribution in [1.29, 1.82) is 0 Å². The number of hydrogen-bond donors (Lipinski definition) is 1. The van der Waals surface area contributed by atoms with E-state index in [1.54, 1.807) is 13.1 Å². The van der Waals surface area contributed by atoms with Crippen LogP contribution in [0, 0.1) is 5.92 Å². The minimum atomic E-state index is -0.498. The van der Waals surface area contributed by atoms with Crippen LogP contribution in [0.1, 0.15) is 38.4 Å². The van der Waals surface area contributed by atoms with Gasteiger partial charge < -0.3 is 9.52 Å². The fraction of sp³-hybridized carbons (Fsp3) is 0.500. The summed E-state index contributed by atoms with van der Waals surface area (Å²) in [5.41, 5.74) is 2.08. The Hall–Kier alpha value is -1.55. The third-order valence-electron chi connectivity index (χ3n) is 3.22. The molecule has 0 saturated heterocycles. The van der Waals surface area contributed by atoms with E-state index in [9.17, 15) is 9.90 Å². The van der Waals surface area contributed by atoms with E-state index < -0.39 is 6.10 Å². The zero-order valence-corrected chi connectivity index (χ0v) is 11.0. The van der Waals surface area contributed by atoms with Crippen molar-refractivity contribution >= 4 is 11.1 Å². The number of aryl methyl sites for hydroxylation is 1. The van der Waals surface area contributed by atoms with Crippen molar-refractivity contribution in [2.45, 2.75) is 32.8 Å². The summed E-state index contributed by atoms with van der Waals surface area (Å²) in [4.78, 5) is 11.4. The number of aliphatic hydroxyl groups excluding tert-OH is 1. The second kappa shape index (κ2) is 4.98. The molecule has 1 aromatic heterocycles. The summed E-state index contributed by atoms with van der Waals surface area (Å²) in [7, 11) is 1.67. The van der Waals surface area contributed by atoms with Crippen molar-refractivity contribution in [1.82, 2.24) is 4.57 Å². The molecule has 1 N–H and O–H groups in total. The van der Waals surface area contributed by atoms with Crippen LogP contribution in [-0.2, 0) is 7.05 Å². The van der Waals surface area contributed by atoms with Crippen LogP contribution >= 0.6 is 0 Å². The van der Waals surface area contributed by atoms with Gasteiger partial charge >= 0.3 is 5.76 Å². The molecule has 18 heavy (non-hydrogen) atoms. The molecule has 0 aliphatic rings. The lowest BCUT2D eigenvalue weighted by molar-refractivity contribution is 0.159. The van der Waals surface area contributed by atoms with E-state index in [0.717, 1.165) is 23.9 Å². The van der Waals surface area contributed by atoms with Crippen molar-refractivity contribution < 1.29 is 9.52 Å². The SMILES string of the molecule is CC(C)CCC(O)c1ccc2c(c1)oc(=O)n2C. The Labute approximate surface area is 106 Å². The van der Waals surface area contributed by atoms with Gasteiger partial charge in [-0.2, -0.15) is 0 Å². The van der Waals surface area contributed by atoms with Gasteiger partial charge in [0.05, 0.1) is 11.6 Å². The molecule has 0 amide bonds. The molecule has 4 heteroatoms. The van der Waals surface area contributed by atoms with Gasteiger partial charge in [0.1, 0.15) is 0 Å². The third-order valence-corrected chi connectivity index (χ3v) is 3.22. The lowest BCUT2D eigenvalue weighted by Gasteiger charge is -2.12. The van der Waals surface area contributed by atoms with Crippen LogP contribution in [0.4, 0.5) is 0 Å². The third kappa shape index (κ3) is 2.48. The van der Waals surface area contributed by atoms with Crippen molar-refractivity contribution in [3.8, 4) is 0 Å². The van der Waals surface area contributed by atoms with Crippen molar-refractivity contribution in [2.24, 2.45) is 13.0 Å². The largest absolute Gasteiger partial charge is 0.419 e. The highest BCUT2D eigenvalue weighted by Crippen LogP contribution is 2.24. The molecule has 2 aromatic rings. The first-order chi connectivity index (χ1) is 8.49. The topological polar surface area (TPSA) is 55.4 Å². The number of hydrogen-bond acceptors (Lipinski definition) is 3. The minimum Gasteiger partial charge on any atom is -0.408 e. The molecule has 0 aliphatic carbocycles. The van der Waals surface area contributed by atoms with Gasteiger partial charge in [0, 0.05) is 7.05 Å². The summed E-state index contributed by atoms with van der Waals surface area (Å²) < 4.78 is 6.57. The Kier molecular flexibility index (Phi) is 3.57. The highest BCUT2D eigenvalue weighted by atomic mass is 16.4. The maximum atomic E-state index is 11.4. The van der Waals surface area contributed by atoms with Crippen LogP contribution in [-0.4, -0.2) is 9.67 Å². The zero-order valence-electron chi connectivity index (χ0n) is 11.0. The fourth-order valence-electron chi connectivity index (χ4n) is 2.02. The van der Waals surface area contributed by atoms with Gasteiger partial charge in [0.2, 0.25) is 0 Å². The minimum absolute atomic E-state index is 0.376. The molecule has 0 spiro atoms. The number of benzene rings is 1. The molecule has 98 valence electrons. The predicted octanol–water partition coefficient (Wildman–Crippen LogP) is 2.60. The predicted molar refractivity (Wildman–Crippen MR) is 70.5 cm³/mol. The Morgan fingerprint density at radius 1 is 1.33 bits per heavy atom. The first kappa shape index (κ1) is 12.9. The zero-order chi connectivity index (χ0) is 13.3. The molecule has 0 fully saturated rings. The van der Waals surface area contributed by atoms with Gasteiger partial charge in [-0.1, -0.05) is 19.9 Å². The van der Waals surface area contributed by atoms with Gasteiger partial charge in [-0.05, 0) is 36.5 Å². The first-order valence-electron chi connectivity index (χ1n) is 6.26. The standard InChI is InChI=1S/C14H19NO3/c1-9(2)4-7-12(16)10-5-6-11-13(8-10)18-14(17)15(11)3/h5-6,8-9,12,16H,4,7H2,1-3H3. The summed E-state index contributed by atoms with van der Waals surface area (Å²) in [5.74, 6) is 0.192. The van der Waals surface area contributed by atoms with E-state index in [2.05, 4.69) is 13.8 Å². The molecule has 4 nitrogen and oxygen atoms in total. The van der Waals surface area contributed by atoms with Crippen LogP contribution in [0.2, 0.25) is 0 Å². The Morgan fingerprint density at radius 2 is 2.06 bits per heavy atom. The fourth-order valence-corrected chi connectivity index (χ4v) is 2.02. The van der Waals surface area contributed by atoms with Crippen molar-refractivity contribution in [2.75, 3.05) is 0 Å². The maximum absolute atomic E-state index is 11.4. The molecule has 1 heterocycles. The summed E-state index contributed by atoms with van der Waals surface area (Å²) in [6.45, 7) is 4.26. The summed E-state index contributed by atoms with van der Waals surface area (Å²) in [6.07, 6.45) is 1.19. The van der Waals surface area contributed by atoms with Crippen LogP contribution in [0.3, 0.4) is 0 Å². The van der Waals surface area contributed by atoms with E-state index in [4.69, 9.17) is 4.42 Å². The quantitative estimate of drug-likeness (QED) is 0.906. The summed E-state index contributed by atoms with van der Waals surface area (Å²) in [6, 6.07) is 5.41. The smallest absolute Gasteiger partial charge is 0.408 e. The number of fused-ring (bicyclic) bond motifs is 1. The second-order valence-corrected chi connectivity index (χ2v) is 5.14. The monoisotopic (exact) mass is 249 g/mol. The molecule has 1 unspecified atom stereocenters. The highest BCUT2D eigenvalue weighted by Gasteiger charge is 2.12. The summed E-state index contributed by atoms with van der Waals surface area (Å²) >= 11 is 0. The van der Waals surface area contributed by atoms with Crippen LogP contribution in [0.15, 0.2) is 27.4 Å². The van der Waals surface area contributed by atoms with E-state index in [0.29, 0.717) is 11.5 Å². The summed E-state index contributed by atoms with van der Waals surface area (Å²) in [5, 5.41) is 10.1. The molecule has 0 aliphatic heterocycles. The first-order valence-corrected chi connectivity index (χ1v) is 6.26. The molecule has 2 rings (SSSR count). The van der Waals surface area contributed by atoms with Crippen LogP contribution < -0.4 is 5.76 Å². The number of oxazole rings is 1.